The number of sulfonamides is 1. The molecule has 0 amide bonds. The fraction of sp³-hybridized carbons (Fsp3) is 0.571. The highest BCUT2D eigenvalue weighted by molar-refractivity contribution is 7.89. The molecule has 4 nitrogen and oxygen atoms in total. The Morgan fingerprint density at radius 3 is 2.00 bits per heavy atom. The van der Waals surface area contributed by atoms with Gasteiger partial charge in [-0.1, -0.05) is 17.7 Å². The molecule has 19 heavy (non-hydrogen) atoms. The van der Waals surface area contributed by atoms with E-state index >= 15 is 0 Å². The van der Waals surface area contributed by atoms with E-state index in [4.69, 9.17) is 0 Å². The molecule has 1 rings (SSSR count). The number of rotatable bonds is 7. The zero-order chi connectivity index (χ0) is 14.5. The first kappa shape index (κ1) is 16.1. The predicted octanol–water partition coefficient (Wildman–Crippen LogP) is 1.96. The fourth-order valence-corrected chi connectivity index (χ4v) is 2.98. The lowest BCUT2D eigenvalue weighted by Crippen LogP contribution is -2.28. The average molecular weight is 284 g/mol. The number of hydrogen-bond acceptors (Lipinski definition) is 3. The fourth-order valence-electron chi connectivity index (χ4n) is 1.77. The lowest BCUT2D eigenvalue weighted by atomic mass is 10.2. The molecule has 0 saturated carbocycles. The maximum absolute atomic E-state index is 12.3. The zero-order valence-electron chi connectivity index (χ0n) is 12.3. The topological polar surface area (TPSA) is 40.6 Å². The molecule has 0 fully saturated rings. The summed E-state index contributed by atoms with van der Waals surface area (Å²) in [5, 5.41) is 0. The van der Waals surface area contributed by atoms with E-state index in [2.05, 4.69) is 4.90 Å². The van der Waals surface area contributed by atoms with Crippen molar-refractivity contribution in [3.05, 3.63) is 29.8 Å². The quantitative estimate of drug-likeness (QED) is 0.719. The summed E-state index contributed by atoms with van der Waals surface area (Å²) in [4.78, 5) is 2.47. The summed E-state index contributed by atoms with van der Waals surface area (Å²) in [7, 11) is 2.35. The van der Waals surface area contributed by atoms with Crippen LogP contribution in [0, 0.1) is 6.92 Å². The molecule has 0 atom stereocenters. The van der Waals surface area contributed by atoms with E-state index in [-0.39, 0.29) is 0 Å². The Labute approximate surface area is 117 Å². The van der Waals surface area contributed by atoms with Gasteiger partial charge in [0.2, 0.25) is 10.0 Å². The smallest absolute Gasteiger partial charge is 0.242 e. The maximum Gasteiger partial charge on any atom is 0.242 e. The van der Waals surface area contributed by atoms with E-state index < -0.39 is 10.0 Å². The van der Waals surface area contributed by atoms with Crippen LogP contribution in [0.25, 0.3) is 0 Å². The van der Waals surface area contributed by atoms with Gasteiger partial charge in [-0.25, -0.2) is 12.7 Å². The van der Waals surface area contributed by atoms with Crippen LogP contribution in [-0.4, -0.2) is 51.9 Å². The van der Waals surface area contributed by atoms with Gasteiger partial charge >= 0.3 is 0 Å². The minimum absolute atomic E-state index is 0.369. The number of nitrogens with zero attached hydrogens (tertiary/aromatic N) is 2. The molecular weight excluding hydrogens is 260 g/mol. The van der Waals surface area contributed by atoms with Gasteiger partial charge in [0.05, 0.1) is 4.90 Å². The van der Waals surface area contributed by atoms with Crippen molar-refractivity contribution in [1.29, 1.82) is 0 Å². The van der Waals surface area contributed by atoms with Crippen LogP contribution in [0.15, 0.2) is 29.2 Å². The summed E-state index contributed by atoms with van der Waals surface area (Å²) in [6.07, 6.45) is 1.88. The van der Waals surface area contributed by atoms with Crippen molar-refractivity contribution in [2.24, 2.45) is 0 Å². The first-order chi connectivity index (χ1) is 8.84. The van der Waals surface area contributed by atoms with Gasteiger partial charge in [-0.2, -0.15) is 0 Å². The molecule has 108 valence electrons. The van der Waals surface area contributed by atoms with Crippen LogP contribution in [0.5, 0.6) is 0 Å². The Morgan fingerprint density at radius 1 is 0.947 bits per heavy atom. The Hall–Kier alpha value is -0.910. The molecule has 0 aliphatic heterocycles. The van der Waals surface area contributed by atoms with Crippen LogP contribution in [-0.2, 0) is 10.0 Å². The molecule has 0 aliphatic carbocycles. The number of unbranched alkanes of at least 4 members (excludes halogenated alkanes) is 1. The van der Waals surface area contributed by atoms with Crippen LogP contribution in [0.3, 0.4) is 0 Å². The molecule has 0 heterocycles. The average Bonchev–Trinajstić information content (AvgIpc) is 2.34. The second kappa shape index (κ2) is 7.03. The van der Waals surface area contributed by atoms with Crippen LogP contribution in [0.1, 0.15) is 18.4 Å². The number of hydrogen-bond donors (Lipinski definition) is 0. The highest BCUT2D eigenvalue weighted by Crippen LogP contribution is 2.15. The molecule has 0 saturated heterocycles. The van der Waals surface area contributed by atoms with Crippen molar-refractivity contribution in [1.82, 2.24) is 9.21 Å². The van der Waals surface area contributed by atoms with E-state index in [9.17, 15) is 8.42 Å². The van der Waals surface area contributed by atoms with Gasteiger partial charge < -0.3 is 4.90 Å². The number of aryl methyl sites for hydroxylation is 1. The third-order valence-electron chi connectivity index (χ3n) is 3.06. The molecular formula is C14H24N2O2S. The van der Waals surface area contributed by atoms with Crippen LogP contribution < -0.4 is 0 Å². The molecule has 0 radical (unpaired) electrons. The Kier molecular flexibility index (Phi) is 5.97. The lowest BCUT2D eigenvalue weighted by molar-refractivity contribution is 0.378. The molecule has 1 aromatic carbocycles. The molecule has 0 bridgehead atoms. The van der Waals surface area contributed by atoms with Crippen molar-refractivity contribution in [3.63, 3.8) is 0 Å². The van der Waals surface area contributed by atoms with Gasteiger partial charge in [-0.3, -0.25) is 0 Å². The predicted molar refractivity (Wildman–Crippen MR) is 78.8 cm³/mol. The molecule has 0 N–H and O–H groups in total. The van der Waals surface area contributed by atoms with Crippen LogP contribution in [0.4, 0.5) is 0 Å². The highest BCUT2D eigenvalue weighted by atomic mass is 32.2. The van der Waals surface area contributed by atoms with Crippen LogP contribution in [0.2, 0.25) is 0 Å². The van der Waals surface area contributed by atoms with Crippen LogP contribution >= 0.6 is 0 Å². The van der Waals surface area contributed by atoms with Gasteiger partial charge in [0.15, 0.2) is 0 Å². The third kappa shape index (κ3) is 4.93. The Bertz CT molecular complexity index is 481. The summed E-state index contributed by atoms with van der Waals surface area (Å²) in [5.74, 6) is 0. The van der Waals surface area contributed by atoms with E-state index in [0.29, 0.717) is 11.4 Å². The normalized spacial score (nSPS) is 12.3. The van der Waals surface area contributed by atoms with E-state index in [1.54, 1.807) is 19.2 Å². The maximum atomic E-state index is 12.3. The van der Waals surface area contributed by atoms with Gasteiger partial charge in [0, 0.05) is 13.6 Å². The zero-order valence-corrected chi connectivity index (χ0v) is 13.1. The Morgan fingerprint density at radius 2 is 1.47 bits per heavy atom. The monoisotopic (exact) mass is 284 g/mol. The Balaban J connectivity index is 2.59. The van der Waals surface area contributed by atoms with Gasteiger partial charge in [0.25, 0.3) is 0 Å². The molecule has 1 aromatic rings. The standard InChI is InChI=1S/C14H24N2O2S/c1-13-7-9-14(10-8-13)19(17,18)16(4)12-6-5-11-15(2)3/h7-10H,5-6,11-12H2,1-4H3. The van der Waals surface area contributed by atoms with Crippen molar-refractivity contribution in [2.75, 3.05) is 34.2 Å². The third-order valence-corrected chi connectivity index (χ3v) is 4.93. The van der Waals surface area contributed by atoms with Gasteiger partial charge in [0.1, 0.15) is 0 Å². The highest BCUT2D eigenvalue weighted by Gasteiger charge is 2.19. The van der Waals surface area contributed by atoms with Crippen molar-refractivity contribution in [3.8, 4) is 0 Å². The summed E-state index contributed by atoms with van der Waals surface area (Å²) >= 11 is 0. The second-order valence-electron chi connectivity index (χ2n) is 5.15. The molecule has 0 aliphatic rings. The molecule has 5 heteroatoms. The minimum Gasteiger partial charge on any atom is -0.309 e. The van der Waals surface area contributed by atoms with Gasteiger partial charge in [-0.15, -0.1) is 0 Å². The lowest BCUT2D eigenvalue weighted by Gasteiger charge is -2.18. The number of benzene rings is 1. The van der Waals surface area contributed by atoms with Gasteiger partial charge in [-0.05, 0) is 52.5 Å². The first-order valence-electron chi connectivity index (χ1n) is 6.52. The largest absolute Gasteiger partial charge is 0.309 e. The second-order valence-corrected chi connectivity index (χ2v) is 7.19. The first-order valence-corrected chi connectivity index (χ1v) is 7.96. The minimum atomic E-state index is -3.34. The van der Waals surface area contributed by atoms with E-state index in [1.807, 2.05) is 33.2 Å². The van der Waals surface area contributed by atoms with Crippen molar-refractivity contribution in [2.45, 2.75) is 24.7 Å². The van der Waals surface area contributed by atoms with E-state index in [0.717, 1.165) is 24.9 Å². The molecule has 0 unspecified atom stereocenters. The summed E-state index contributed by atoms with van der Waals surface area (Å²) in [6.45, 7) is 3.49. The molecule has 0 spiro atoms. The van der Waals surface area contributed by atoms with Crippen molar-refractivity contribution >= 4 is 10.0 Å². The molecule has 0 aromatic heterocycles. The van der Waals surface area contributed by atoms with E-state index in [1.165, 1.54) is 4.31 Å². The summed E-state index contributed by atoms with van der Waals surface area (Å²) in [5.41, 5.74) is 1.06. The van der Waals surface area contributed by atoms with Crippen molar-refractivity contribution < 1.29 is 8.42 Å². The SMILES string of the molecule is Cc1ccc(S(=O)(=O)N(C)CCCCN(C)C)cc1. The summed E-state index contributed by atoms with van der Waals surface area (Å²) in [6, 6.07) is 6.99. The summed E-state index contributed by atoms with van der Waals surface area (Å²) < 4.78 is 26.0.